The molecule has 0 heterocycles. The number of hydrogen-bond acceptors (Lipinski definition) is 3. The van der Waals surface area contributed by atoms with Gasteiger partial charge in [-0.2, -0.15) is 26.3 Å². The molecule has 2 rings (SSSR count). The van der Waals surface area contributed by atoms with Gasteiger partial charge in [-0.3, -0.25) is 4.79 Å². The van der Waals surface area contributed by atoms with Crippen molar-refractivity contribution in [2.45, 2.75) is 31.2 Å². The average Bonchev–Trinajstić information content (AvgIpc) is 2.66. The quantitative estimate of drug-likeness (QED) is 0.442. The second-order valence-corrected chi connectivity index (χ2v) is 7.48. The monoisotopic (exact) mass is 511 g/mol. The number of halogens is 7. The van der Waals surface area contributed by atoms with Gasteiger partial charge in [0.25, 0.3) is 0 Å². The first-order valence-corrected chi connectivity index (χ1v) is 9.49. The lowest BCUT2D eigenvalue weighted by Gasteiger charge is -2.18. The molecule has 0 radical (unpaired) electrons. The molecule has 0 bridgehead atoms. The summed E-state index contributed by atoms with van der Waals surface area (Å²) in [7, 11) is 1.09. The number of rotatable bonds is 6. The minimum absolute atomic E-state index is 0.0160. The molecule has 0 fully saturated rings. The number of nitrogens with one attached hydrogen (secondary N) is 1. The minimum Gasteiger partial charge on any atom is -0.467 e. The van der Waals surface area contributed by atoms with Crippen LogP contribution in [0.25, 0.3) is 0 Å². The Bertz CT molecular complexity index is 909. The lowest BCUT2D eigenvalue weighted by molar-refractivity contribution is -0.145. The Hall–Kier alpha value is -2.56. The maximum absolute atomic E-state index is 13.0. The van der Waals surface area contributed by atoms with E-state index in [0.717, 1.165) is 11.6 Å². The van der Waals surface area contributed by atoms with Crippen molar-refractivity contribution < 1.29 is 40.7 Å². The molecule has 0 saturated heterocycles. The van der Waals surface area contributed by atoms with E-state index in [0.29, 0.717) is 17.7 Å². The Balaban J connectivity index is 2.23. The normalized spacial score (nSPS) is 12.9. The van der Waals surface area contributed by atoms with Crippen molar-refractivity contribution in [3.63, 3.8) is 0 Å². The zero-order valence-corrected chi connectivity index (χ0v) is 17.5. The van der Waals surface area contributed by atoms with Crippen molar-refractivity contribution in [3.8, 4) is 0 Å². The van der Waals surface area contributed by atoms with E-state index < -0.39 is 53.4 Å². The maximum atomic E-state index is 13.0. The van der Waals surface area contributed by atoms with Crippen LogP contribution in [0.1, 0.15) is 22.3 Å². The summed E-state index contributed by atoms with van der Waals surface area (Å²) in [6, 6.07) is 6.49. The Morgan fingerprint density at radius 2 is 1.45 bits per heavy atom. The Labute approximate surface area is 181 Å². The molecule has 0 aliphatic carbocycles. The number of benzene rings is 2. The van der Waals surface area contributed by atoms with Crippen LogP contribution in [0, 0.1) is 0 Å². The van der Waals surface area contributed by atoms with Crippen molar-refractivity contribution in [2.75, 3.05) is 7.11 Å². The smallest absolute Gasteiger partial charge is 0.416 e. The maximum Gasteiger partial charge on any atom is 0.416 e. The minimum atomic E-state index is -5.03. The molecule has 0 saturated carbocycles. The first kappa shape index (κ1) is 24.7. The van der Waals surface area contributed by atoms with Crippen LogP contribution in [0.4, 0.5) is 26.3 Å². The van der Waals surface area contributed by atoms with Gasteiger partial charge in [0.15, 0.2) is 0 Å². The third-order valence-electron chi connectivity index (χ3n) is 4.19. The van der Waals surface area contributed by atoms with E-state index in [1.807, 2.05) is 0 Å². The largest absolute Gasteiger partial charge is 0.467 e. The number of amides is 1. The fourth-order valence-electron chi connectivity index (χ4n) is 2.74. The highest BCUT2D eigenvalue weighted by Gasteiger charge is 2.37. The Morgan fingerprint density at radius 3 is 1.90 bits per heavy atom. The number of esters is 1. The van der Waals surface area contributed by atoms with Crippen LogP contribution in [-0.4, -0.2) is 25.0 Å². The van der Waals surface area contributed by atoms with Crippen LogP contribution >= 0.6 is 15.9 Å². The molecule has 4 nitrogen and oxygen atoms in total. The van der Waals surface area contributed by atoms with Gasteiger partial charge in [0.05, 0.1) is 24.7 Å². The predicted molar refractivity (Wildman–Crippen MR) is 102 cm³/mol. The molecule has 2 aromatic carbocycles. The van der Waals surface area contributed by atoms with Gasteiger partial charge in [0, 0.05) is 10.9 Å². The molecule has 0 unspecified atom stereocenters. The molecule has 168 valence electrons. The van der Waals surface area contributed by atoms with Crippen LogP contribution in [0.2, 0.25) is 0 Å². The van der Waals surface area contributed by atoms with Gasteiger partial charge in [-0.25, -0.2) is 4.79 Å². The molecular weight excluding hydrogens is 496 g/mol. The summed E-state index contributed by atoms with van der Waals surface area (Å²) in [5.41, 5.74) is -2.89. The van der Waals surface area contributed by atoms with Crippen LogP contribution < -0.4 is 5.32 Å². The summed E-state index contributed by atoms with van der Waals surface area (Å²) >= 11 is 3.25. The number of carbonyl (C=O) groups is 2. The fourth-order valence-corrected chi connectivity index (χ4v) is 3.01. The van der Waals surface area contributed by atoms with Gasteiger partial charge in [-0.15, -0.1) is 0 Å². The van der Waals surface area contributed by atoms with Crippen molar-refractivity contribution >= 4 is 27.8 Å². The standard InChI is InChI=1S/C20H16BrF6NO3/c1-31-18(30)16(8-11-2-4-15(21)5-3-11)28-17(29)9-12-6-13(19(22,23)24)10-14(7-12)20(25,26)27/h2-7,10,16H,8-9H2,1H3,(H,28,29)/t16-/m0/s1. The van der Waals surface area contributed by atoms with E-state index in [9.17, 15) is 35.9 Å². The number of methoxy groups -OCH3 is 1. The van der Waals surface area contributed by atoms with E-state index in [1.165, 1.54) is 0 Å². The summed E-state index contributed by atoms with van der Waals surface area (Å²) < 4.78 is 83.2. The average molecular weight is 512 g/mol. The second-order valence-electron chi connectivity index (χ2n) is 6.56. The fraction of sp³-hybridized carbons (Fsp3) is 0.300. The summed E-state index contributed by atoms with van der Waals surface area (Å²) in [5.74, 6) is -1.74. The molecule has 1 N–H and O–H groups in total. The number of carbonyl (C=O) groups excluding carboxylic acids is 2. The van der Waals surface area contributed by atoms with Gasteiger partial charge < -0.3 is 10.1 Å². The van der Waals surface area contributed by atoms with Gasteiger partial charge in [-0.05, 0) is 41.5 Å². The van der Waals surface area contributed by atoms with Gasteiger partial charge in [0.2, 0.25) is 5.91 Å². The summed E-state index contributed by atoms with van der Waals surface area (Å²) in [6.45, 7) is 0. The molecule has 0 aliphatic rings. The second kappa shape index (κ2) is 9.71. The molecular formula is C20H16BrF6NO3. The van der Waals surface area contributed by atoms with E-state index in [4.69, 9.17) is 0 Å². The van der Waals surface area contributed by atoms with Gasteiger partial charge in [-0.1, -0.05) is 28.1 Å². The molecule has 0 aromatic heterocycles. The summed E-state index contributed by atoms with van der Waals surface area (Å²) in [4.78, 5) is 24.3. The SMILES string of the molecule is COC(=O)[C@H](Cc1ccc(Br)cc1)NC(=O)Cc1cc(C(F)(F)F)cc(C(F)(F)F)c1. The Kier molecular flexibility index (Phi) is 7.74. The summed E-state index contributed by atoms with van der Waals surface area (Å²) in [5, 5.41) is 2.31. The van der Waals surface area contributed by atoms with Crippen LogP contribution in [0.3, 0.4) is 0 Å². The van der Waals surface area contributed by atoms with E-state index in [2.05, 4.69) is 26.0 Å². The highest BCUT2D eigenvalue weighted by Crippen LogP contribution is 2.36. The van der Waals surface area contributed by atoms with Gasteiger partial charge in [0.1, 0.15) is 6.04 Å². The third-order valence-corrected chi connectivity index (χ3v) is 4.71. The van der Waals surface area contributed by atoms with E-state index in [1.54, 1.807) is 24.3 Å². The molecule has 1 atom stereocenters. The number of alkyl halides is 6. The molecule has 2 aromatic rings. The molecule has 0 aliphatic heterocycles. The summed E-state index contributed by atoms with van der Waals surface area (Å²) in [6.07, 6.45) is -10.8. The zero-order valence-electron chi connectivity index (χ0n) is 15.9. The predicted octanol–water partition coefficient (Wildman–Crippen LogP) is 4.93. The van der Waals surface area contributed by atoms with Crippen LogP contribution in [-0.2, 0) is 39.5 Å². The lowest BCUT2D eigenvalue weighted by Crippen LogP contribution is -2.43. The first-order valence-electron chi connectivity index (χ1n) is 8.69. The van der Waals surface area contributed by atoms with Crippen molar-refractivity contribution in [1.29, 1.82) is 0 Å². The Morgan fingerprint density at radius 1 is 0.935 bits per heavy atom. The number of hydrogen-bond donors (Lipinski definition) is 1. The highest BCUT2D eigenvalue weighted by molar-refractivity contribution is 9.10. The van der Waals surface area contributed by atoms with Crippen LogP contribution in [0.15, 0.2) is 46.9 Å². The van der Waals surface area contributed by atoms with Crippen molar-refractivity contribution in [1.82, 2.24) is 5.32 Å². The van der Waals surface area contributed by atoms with E-state index in [-0.39, 0.29) is 12.5 Å². The van der Waals surface area contributed by atoms with Gasteiger partial charge >= 0.3 is 18.3 Å². The lowest BCUT2D eigenvalue weighted by atomic mass is 10.0. The zero-order chi connectivity index (χ0) is 23.4. The van der Waals surface area contributed by atoms with Crippen molar-refractivity contribution in [3.05, 3.63) is 69.2 Å². The first-order chi connectivity index (χ1) is 14.3. The molecule has 1 amide bonds. The third kappa shape index (κ3) is 7.27. The van der Waals surface area contributed by atoms with Crippen LogP contribution in [0.5, 0.6) is 0 Å². The molecule has 31 heavy (non-hydrogen) atoms. The van der Waals surface area contributed by atoms with Crippen molar-refractivity contribution in [2.24, 2.45) is 0 Å². The highest BCUT2D eigenvalue weighted by atomic mass is 79.9. The molecule has 0 spiro atoms. The number of ether oxygens (including phenoxy) is 1. The molecule has 11 heteroatoms. The topological polar surface area (TPSA) is 55.4 Å². The van der Waals surface area contributed by atoms with E-state index >= 15 is 0 Å².